The van der Waals surface area contributed by atoms with Gasteiger partial charge in [0.15, 0.2) is 5.60 Å². The summed E-state index contributed by atoms with van der Waals surface area (Å²) in [4.78, 5) is 17.0. The molecule has 6 heteroatoms. The van der Waals surface area contributed by atoms with E-state index in [2.05, 4.69) is 10.3 Å². The molecule has 0 bridgehead atoms. The Morgan fingerprint density at radius 2 is 1.89 bits per heavy atom. The smallest absolute Gasteiger partial charge is 0.263 e. The number of hydrogen-bond donors (Lipinski definition) is 1. The highest BCUT2D eigenvalue weighted by molar-refractivity contribution is 6.32. The summed E-state index contributed by atoms with van der Waals surface area (Å²) in [7, 11) is 0. The Labute approximate surface area is 171 Å². The van der Waals surface area contributed by atoms with E-state index < -0.39 is 5.60 Å². The normalized spacial score (nSPS) is 19.5. The molecule has 1 aromatic heterocycles. The van der Waals surface area contributed by atoms with Gasteiger partial charge in [0.25, 0.3) is 5.91 Å². The number of aryl methyl sites for hydroxylation is 2. The quantitative estimate of drug-likeness (QED) is 0.796. The molecular weight excluding hydrogens is 376 g/mol. The highest BCUT2D eigenvalue weighted by atomic mass is 35.5. The Morgan fingerprint density at radius 3 is 2.54 bits per heavy atom. The van der Waals surface area contributed by atoms with Crippen LogP contribution in [0.4, 0.5) is 0 Å². The summed E-state index contributed by atoms with van der Waals surface area (Å²) in [6.45, 7) is 8.54. The monoisotopic (exact) mass is 402 g/mol. The number of ether oxygens (including phenoxy) is 2. The number of nitrogens with zero attached hydrogens (tertiary/aromatic N) is 1. The minimum atomic E-state index is -1.02. The number of pyridine rings is 1. The Balaban J connectivity index is 1.65. The van der Waals surface area contributed by atoms with Gasteiger partial charge in [-0.3, -0.25) is 9.78 Å². The summed E-state index contributed by atoms with van der Waals surface area (Å²) in [6.07, 6.45) is 4.40. The molecule has 1 aliphatic heterocycles. The molecule has 2 atom stereocenters. The molecule has 0 aliphatic carbocycles. The van der Waals surface area contributed by atoms with Gasteiger partial charge in [0.2, 0.25) is 0 Å². The van der Waals surface area contributed by atoms with E-state index >= 15 is 0 Å². The average molecular weight is 403 g/mol. The van der Waals surface area contributed by atoms with Gasteiger partial charge in [0.1, 0.15) is 5.75 Å². The van der Waals surface area contributed by atoms with Crippen LogP contribution in [0.3, 0.4) is 0 Å². The van der Waals surface area contributed by atoms with Crippen LogP contribution >= 0.6 is 11.6 Å². The van der Waals surface area contributed by atoms with Crippen molar-refractivity contribution in [3.05, 3.63) is 58.4 Å². The molecule has 1 N–H and O–H groups in total. The maximum absolute atomic E-state index is 12.9. The lowest BCUT2D eigenvalue weighted by atomic mass is 9.94. The molecule has 1 aliphatic rings. The first-order valence-corrected chi connectivity index (χ1v) is 9.87. The van der Waals surface area contributed by atoms with Crippen molar-refractivity contribution in [2.45, 2.75) is 45.8 Å². The van der Waals surface area contributed by atoms with Crippen LogP contribution < -0.4 is 10.1 Å². The largest absolute Gasteiger partial charge is 0.478 e. The minimum absolute atomic E-state index is 0.0442. The molecule has 3 rings (SSSR count). The zero-order chi connectivity index (χ0) is 20.3. The van der Waals surface area contributed by atoms with Gasteiger partial charge in [0, 0.05) is 23.3 Å². The number of halogens is 1. The molecule has 150 valence electrons. The van der Waals surface area contributed by atoms with Crippen LogP contribution in [-0.4, -0.2) is 35.7 Å². The van der Waals surface area contributed by atoms with E-state index in [-0.39, 0.29) is 17.9 Å². The molecule has 0 saturated carbocycles. The Hall–Kier alpha value is -2.11. The van der Waals surface area contributed by atoms with Gasteiger partial charge in [-0.25, -0.2) is 0 Å². The van der Waals surface area contributed by atoms with Gasteiger partial charge in [0.05, 0.1) is 19.3 Å². The third-order valence-electron chi connectivity index (χ3n) is 5.09. The first kappa shape index (κ1) is 20.6. The number of amides is 1. The van der Waals surface area contributed by atoms with Crippen LogP contribution in [0.1, 0.15) is 30.5 Å². The van der Waals surface area contributed by atoms with Crippen LogP contribution in [0.2, 0.25) is 5.02 Å². The van der Waals surface area contributed by atoms with Gasteiger partial charge < -0.3 is 14.8 Å². The number of benzene rings is 1. The lowest BCUT2D eigenvalue weighted by Gasteiger charge is -2.29. The maximum Gasteiger partial charge on any atom is 0.263 e. The van der Waals surface area contributed by atoms with E-state index in [1.54, 1.807) is 26.2 Å². The zero-order valence-electron chi connectivity index (χ0n) is 16.8. The second kappa shape index (κ2) is 8.50. The van der Waals surface area contributed by atoms with Crippen molar-refractivity contribution in [2.75, 3.05) is 13.2 Å². The van der Waals surface area contributed by atoms with E-state index in [1.165, 1.54) is 5.56 Å². The summed E-state index contributed by atoms with van der Waals surface area (Å²) < 4.78 is 11.7. The standard InChI is InChI=1S/C22H27ClN2O3/c1-14-9-18(10-15(2)20(14)23)28-22(3,4)21(26)25-19-13-27-12-17(19)11-16-5-7-24-8-6-16/h5-10,17,19H,11-13H2,1-4H3,(H,25,26)/t17-,19+/m1/s1. The zero-order valence-corrected chi connectivity index (χ0v) is 17.5. The van der Waals surface area contributed by atoms with E-state index in [0.717, 1.165) is 22.6 Å². The van der Waals surface area contributed by atoms with Gasteiger partial charge in [-0.05, 0) is 75.1 Å². The fourth-order valence-corrected chi connectivity index (χ4v) is 3.54. The van der Waals surface area contributed by atoms with Crippen molar-refractivity contribution in [3.8, 4) is 5.75 Å². The fraction of sp³-hybridized carbons (Fsp3) is 0.455. The summed E-state index contributed by atoms with van der Waals surface area (Å²) in [6, 6.07) is 7.66. The minimum Gasteiger partial charge on any atom is -0.478 e. The Bertz CT molecular complexity index is 816. The van der Waals surface area contributed by atoms with Crippen LogP contribution in [0.15, 0.2) is 36.7 Å². The third-order valence-corrected chi connectivity index (χ3v) is 5.69. The van der Waals surface area contributed by atoms with E-state index in [1.807, 2.05) is 38.1 Å². The van der Waals surface area contributed by atoms with Gasteiger partial charge in [-0.1, -0.05) is 11.6 Å². The van der Waals surface area contributed by atoms with Crippen molar-refractivity contribution in [2.24, 2.45) is 5.92 Å². The SMILES string of the molecule is Cc1cc(OC(C)(C)C(=O)N[C@H]2COC[C@H]2Cc2ccncc2)cc(C)c1Cl. The lowest BCUT2D eigenvalue weighted by molar-refractivity contribution is -0.135. The molecule has 1 amide bonds. The lowest BCUT2D eigenvalue weighted by Crippen LogP contribution is -2.52. The van der Waals surface area contributed by atoms with Gasteiger partial charge in [-0.15, -0.1) is 0 Å². The van der Waals surface area contributed by atoms with Gasteiger partial charge in [-0.2, -0.15) is 0 Å². The number of rotatable bonds is 6. The second-order valence-electron chi connectivity index (χ2n) is 7.92. The van der Waals surface area contributed by atoms with Crippen LogP contribution in [-0.2, 0) is 16.0 Å². The summed E-state index contributed by atoms with van der Waals surface area (Å²) >= 11 is 6.23. The third kappa shape index (κ3) is 4.83. The number of nitrogens with one attached hydrogen (secondary N) is 1. The van der Waals surface area contributed by atoms with E-state index in [0.29, 0.717) is 19.0 Å². The van der Waals surface area contributed by atoms with Crippen molar-refractivity contribution in [3.63, 3.8) is 0 Å². The van der Waals surface area contributed by atoms with E-state index in [4.69, 9.17) is 21.1 Å². The Morgan fingerprint density at radius 1 is 1.25 bits per heavy atom. The molecule has 0 spiro atoms. The van der Waals surface area contributed by atoms with Crippen molar-refractivity contribution in [1.82, 2.24) is 10.3 Å². The molecule has 0 radical (unpaired) electrons. The maximum atomic E-state index is 12.9. The topological polar surface area (TPSA) is 60.5 Å². The highest BCUT2D eigenvalue weighted by Crippen LogP contribution is 2.28. The van der Waals surface area contributed by atoms with E-state index in [9.17, 15) is 4.79 Å². The molecule has 28 heavy (non-hydrogen) atoms. The Kier molecular flexibility index (Phi) is 6.26. The molecule has 1 aromatic carbocycles. The number of aromatic nitrogens is 1. The van der Waals surface area contributed by atoms with Crippen molar-refractivity contribution in [1.29, 1.82) is 0 Å². The first-order chi connectivity index (χ1) is 13.3. The molecule has 2 aromatic rings. The fourth-order valence-electron chi connectivity index (χ4n) is 3.43. The molecule has 1 fully saturated rings. The predicted molar refractivity (Wildman–Crippen MR) is 110 cm³/mol. The summed E-state index contributed by atoms with van der Waals surface area (Å²) in [5, 5.41) is 3.84. The number of carbonyl (C=O) groups excluding carboxylic acids is 1. The molecule has 2 heterocycles. The summed E-state index contributed by atoms with van der Waals surface area (Å²) in [5.74, 6) is 0.700. The predicted octanol–water partition coefficient (Wildman–Crippen LogP) is 3.88. The molecule has 5 nitrogen and oxygen atoms in total. The second-order valence-corrected chi connectivity index (χ2v) is 8.30. The average Bonchev–Trinajstić information content (AvgIpc) is 3.07. The van der Waals surface area contributed by atoms with Crippen molar-refractivity contribution >= 4 is 17.5 Å². The summed E-state index contributed by atoms with van der Waals surface area (Å²) in [5.41, 5.74) is 2.02. The van der Waals surface area contributed by atoms with Crippen molar-refractivity contribution < 1.29 is 14.3 Å². The van der Waals surface area contributed by atoms with Crippen LogP contribution in [0.5, 0.6) is 5.75 Å². The number of carbonyl (C=O) groups is 1. The van der Waals surface area contributed by atoms with Gasteiger partial charge >= 0.3 is 0 Å². The molecule has 1 saturated heterocycles. The van der Waals surface area contributed by atoms with Crippen LogP contribution in [0.25, 0.3) is 0 Å². The first-order valence-electron chi connectivity index (χ1n) is 9.49. The number of hydrogen-bond acceptors (Lipinski definition) is 4. The highest BCUT2D eigenvalue weighted by Gasteiger charge is 2.36. The van der Waals surface area contributed by atoms with Crippen LogP contribution in [0, 0.1) is 19.8 Å². The molecular formula is C22H27ClN2O3. The molecule has 0 unspecified atom stereocenters.